The number of Topliss-reactive ketones (excluding diaryl/α,β-unsaturated/α-hetero) is 1. The second-order valence-corrected chi connectivity index (χ2v) is 7.40. The first-order valence-electron chi connectivity index (χ1n) is 9.21. The number of hydrogen-bond acceptors (Lipinski definition) is 5. The molecule has 144 valence electrons. The van der Waals surface area contributed by atoms with E-state index in [1.807, 2.05) is 12.1 Å². The third-order valence-electron chi connectivity index (χ3n) is 5.84. The molecule has 0 radical (unpaired) electrons. The second-order valence-electron chi connectivity index (χ2n) is 7.40. The predicted octanol–water partition coefficient (Wildman–Crippen LogP) is 1.87. The summed E-state index contributed by atoms with van der Waals surface area (Å²) in [5, 5.41) is 9.71. The molecule has 0 saturated heterocycles. The van der Waals surface area contributed by atoms with Crippen molar-refractivity contribution in [3.05, 3.63) is 91.6 Å². The van der Waals surface area contributed by atoms with Crippen LogP contribution in [0.25, 0.3) is 0 Å². The summed E-state index contributed by atoms with van der Waals surface area (Å²) in [5.41, 5.74) is 1.94. The molecule has 1 aromatic heterocycles. The van der Waals surface area contributed by atoms with Gasteiger partial charge in [-0.15, -0.1) is 0 Å². The van der Waals surface area contributed by atoms with Gasteiger partial charge in [-0.05, 0) is 17.7 Å². The molecule has 2 atom stereocenters. The fraction of sp³-hybridized carbons (Fsp3) is 0.182. The van der Waals surface area contributed by atoms with Crippen molar-refractivity contribution in [2.45, 2.75) is 5.92 Å². The quantitative estimate of drug-likeness (QED) is 0.690. The molecule has 1 aliphatic carbocycles. The van der Waals surface area contributed by atoms with Crippen LogP contribution < -0.4 is 11.2 Å². The summed E-state index contributed by atoms with van der Waals surface area (Å²) in [6, 6.07) is 13.7. The van der Waals surface area contributed by atoms with Gasteiger partial charge in [0.25, 0.3) is 5.56 Å². The van der Waals surface area contributed by atoms with Crippen LogP contribution in [-0.2, 0) is 14.1 Å². The topological polar surface area (TPSA) is 93.7 Å². The van der Waals surface area contributed by atoms with Crippen molar-refractivity contribution in [3.8, 4) is 5.75 Å². The summed E-state index contributed by atoms with van der Waals surface area (Å²) < 4.78 is 2.39. The number of nitrogens with zero attached hydrogens (tertiary/aromatic N) is 3. The Bertz CT molecular complexity index is 1350. The van der Waals surface area contributed by atoms with Crippen molar-refractivity contribution >= 4 is 17.3 Å². The zero-order valence-corrected chi connectivity index (χ0v) is 15.8. The number of fused-ring (bicyclic) bond motifs is 4. The van der Waals surface area contributed by atoms with Crippen LogP contribution >= 0.6 is 0 Å². The highest BCUT2D eigenvalue weighted by molar-refractivity contribution is 6.30. The van der Waals surface area contributed by atoms with Crippen molar-refractivity contribution in [2.75, 3.05) is 0 Å². The number of carbonyl (C=O) groups is 1. The van der Waals surface area contributed by atoms with Crippen LogP contribution in [0.4, 0.5) is 5.82 Å². The second kappa shape index (κ2) is 5.88. The van der Waals surface area contributed by atoms with E-state index in [9.17, 15) is 19.5 Å². The molecule has 2 heterocycles. The maximum absolute atomic E-state index is 13.3. The lowest BCUT2D eigenvalue weighted by atomic mass is 9.76. The number of aromatic nitrogens is 2. The fourth-order valence-corrected chi connectivity index (χ4v) is 4.41. The molecule has 0 unspecified atom stereocenters. The van der Waals surface area contributed by atoms with E-state index in [2.05, 4.69) is 4.99 Å². The van der Waals surface area contributed by atoms with E-state index in [4.69, 9.17) is 0 Å². The zero-order valence-electron chi connectivity index (χ0n) is 15.8. The number of aliphatic imine (C=N–C) groups is 1. The number of benzene rings is 2. The van der Waals surface area contributed by atoms with Gasteiger partial charge in [0.15, 0.2) is 5.78 Å². The van der Waals surface area contributed by atoms with Crippen LogP contribution in [0.15, 0.2) is 63.1 Å². The van der Waals surface area contributed by atoms with Gasteiger partial charge in [-0.25, -0.2) is 9.79 Å². The van der Waals surface area contributed by atoms with E-state index in [0.29, 0.717) is 22.4 Å². The summed E-state index contributed by atoms with van der Waals surface area (Å²) in [6.45, 7) is 0. The molecule has 2 aromatic carbocycles. The van der Waals surface area contributed by atoms with Gasteiger partial charge >= 0.3 is 5.69 Å². The van der Waals surface area contributed by atoms with Crippen LogP contribution in [0, 0.1) is 5.92 Å². The minimum absolute atomic E-state index is 0.0908. The highest BCUT2D eigenvalue weighted by Crippen LogP contribution is 2.46. The summed E-state index contributed by atoms with van der Waals surface area (Å²) in [4.78, 5) is 43.6. The van der Waals surface area contributed by atoms with Crippen molar-refractivity contribution in [1.29, 1.82) is 0 Å². The van der Waals surface area contributed by atoms with E-state index in [1.54, 1.807) is 31.3 Å². The summed E-state index contributed by atoms with van der Waals surface area (Å²) in [7, 11) is 2.99. The lowest BCUT2D eigenvalue weighted by Gasteiger charge is -2.29. The Kier molecular flexibility index (Phi) is 3.52. The monoisotopic (exact) mass is 387 g/mol. The highest BCUT2D eigenvalue weighted by atomic mass is 16.3. The molecule has 1 N–H and O–H groups in total. The number of rotatable bonds is 1. The first-order chi connectivity index (χ1) is 13.9. The number of carbonyl (C=O) groups excluding carboxylic acids is 1. The third kappa shape index (κ3) is 2.24. The largest absolute Gasteiger partial charge is 0.508 e. The van der Waals surface area contributed by atoms with Crippen molar-refractivity contribution < 1.29 is 9.90 Å². The van der Waals surface area contributed by atoms with Gasteiger partial charge in [0.2, 0.25) is 0 Å². The molecule has 7 nitrogen and oxygen atoms in total. The van der Waals surface area contributed by atoms with Crippen LogP contribution in [0.5, 0.6) is 5.75 Å². The molecule has 3 aromatic rings. The number of phenols is 1. The number of hydrogen-bond donors (Lipinski definition) is 1. The Morgan fingerprint density at radius 3 is 2.21 bits per heavy atom. The first kappa shape index (κ1) is 17.4. The number of aromatic hydroxyl groups is 1. The number of ketones is 1. The van der Waals surface area contributed by atoms with Gasteiger partial charge in [0, 0.05) is 31.1 Å². The molecule has 7 heteroatoms. The van der Waals surface area contributed by atoms with Crippen LogP contribution in [-0.4, -0.2) is 25.7 Å². The van der Waals surface area contributed by atoms with Gasteiger partial charge in [-0.1, -0.05) is 36.4 Å². The number of phenolic OH excluding ortho intramolecular Hbond substituents is 1. The molecule has 0 amide bonds. The van der Waals surface area contributed by atoms with E-state index >= 15 is 0 Å². The summed E-state index contributed by atoms with van der Waals surface area (Å²) >= 11 is 0. The lowest BCUT2D eigenvalue weighted by Crippen LogP contribution is -2.43. The lowest BCUT2D eigenvalue weighted by molar-refractivity contribution is 0.0953. The molecule has 1 aliphatic heterocycles. The Morgan fingerprint density at radius 2 is 1.52 bits per heavy atom. The van der Waals surface area contributed by atoms with Gasteiger partial charge in [0.1, 0.15) is 11.6 Å². The summed E-state index contributed by atoms with van der Waals surface area (Å²) in [6.07, 6.45) is 0. The summed E-state index contributed by atoms with van der Waals surface area (Å²) in [5.74, 6) is -1.00. The normalized spacial score (nSPS) is 19.4. The third-order valence-corrected chi connectivity index (χ3v) is 5.84. The maximum Gasteiger partial charge on any atom is 0.332 e. The molecule has 0 bridgehead atoms. The van der Waals surface area contributed by atoms with Gasteiger partial charge < -0.3 is 5.11 Å². The maximum atomic E-state index is 13.3. The van der Waals surface area contributed by atoms with Crippen molar-refractivity contribution in [1.82, 2.24) is 9.13 Å². The molecule has 5 rings (SSSR count). The van der Waals surface area contributed by atoms with Gasteiger partial charge in [-0.2, -0.15) is 0 Å². The average Bonchev–Trinajstić information content (AvgIpc) is 3.02. The molecule has 0 saturated carbocycles. The van der Waals surface area contributed by atoms with Crippen molar-refractivity contribution in [2.24, 2.45) is 25.0 Å². The SMILES string of the molecule is Cn1c2c(c(=O)n(C)c1=O)[C@H](c1ccc(O)cc1)[C@H]1C(=O)c3ccccc3C1=N2. The van der Waals surface area contributed by atoms with Crippen LogP contribution in [0.1, 0.15) is 33.0 Å². The average molecular weight is 387 g/mol. The molecule has 29 heavy (non-hydrogen) atoms. The van der Waals surface area contributed by atoms with Gasteiger partial charge in [0.05, 0.1) is 17.2 Å². The van der Waals surface area contributed by atoms with Gasteiger partial charge in [-0.3, -0.25) is 18.7 Å². The fourth-order valence-electron chi connectivity index (χ4n) is 4.41. The minimum Gasteiger partial charge on any atom is -0.508 e. The van der Waals surface area contributed by atoms with E-state index in [1.165, 1.54) is 23.7 Å². The Labute approximate surface area is 165 Å². The highest BCUT2D eigenvalue weighted by Gasteiger charge is 2.47. The van der Waals surface area contributed by atoms with Crippen LogP contribution in [0.3, 0.4) is 0 Å². The Balaban J connectivity index is 1.90. The first-order valence-corrected chi connectivity index (χ1v) is 9.21. The van der Waals surface area contributed by atoms with Crippen molar-refractivity contribution in [3.63, 3.8) is 0 Å². The molecule has 0 spiro atoms. The molecular weight excluding hydrogens is 370 g/mol. The van der Waals surface area contributed by atoms with Crippen LogP contribution in [0.2, 0.25) is 0 Å². The Morgan fingerprint density at radius 1 is 0.862 bits per heavy atom. The minimum atomic E-state index is -0.658. The van der Waals surface area contributed by atoms with E-state index in [0.717, 1.165) is 10.1 Å². The standard InChI is InChI=1S/C22H17N3O4/c1-24-20-17(21(28)25(2)22(24)29)15(11-7-9-12(26)10-8-11)16-18(23-20)13-5-3-4-6-14(13)19(16)27/h3-10,15-16,26H,1-2H3/t15-,16-/m1/s1. The van der Waals surface area contributed by atoms with E-state index in [-0.39, 0.29) is 17.4 Å². The zero-order chi connectivity index (χ0) is 20.4. The molecular formula is C22H17N3O4. The Hall–Kier alpha value is -3.74. The molecule has 0 fully saturated rings. The molecule has 2 aliphatic rings. The van der Waals surface area contributed by atoms with E-state index < -0.39 is 23.1 Å². The predicted molar refractivity (Wildman–Crippen MR) is 107 cm³/mol. The smallest absolute Gasteiger partial charge is 0.332 e.